The van der Waals surface area contributed by atoms with Crippen LogP contribution in [0.4, 0.5) is 8.78 Å². The van der Waals surface area contributed by atoms with E-state index < -0.39 is 6.43 Å². The first-order chi connectivity index (χ1) is 8.60. The van der Waals surface area contributed by atoms with E-state index in [-0.39, 0.29) is 12.0 Å². The van der Waals surface area contributed by atoms with Crippen LogP contribution in [0.5, 0.6) is 0 Å². The molecule has 0 aromatic carbocycles. The molecule has 5 heteroatoms. The highest BCUT2D eigenvalue weighted by molar-refractivity contribution is 4.90. The van der Waals surface area contributed by atoms with Crippen LogP contribution in [-0.2, 0) is 4.74 Å². The molecular weight excluding hydrogens is 238 g/mol. The monoisotopic (exact) mass is 262 g/mol. The molecule has 0 radical (unpaired) electrons. The molecule has 0 amide bonds. The van der Waals surface area contributed by atoms with E-state index in [4.69, 9.17) is 4.74 Å². The number of hydrogen-bond acceptors (Lipinski definition) is 3. The van der Waals surface area contributed by atoms with Gasteiger partial charge in [-0.2, -0.15) is 0 Å². The fraction of sp³-hybridized carbons (Fsp3) is 1.00. The molecule has 3 nitrogen and oxygen atoms in total. The summed E-state index contributed by atoms with van der Waals surface area (Å²) in [6, 6.07) is 0.671. The summed E-state index contributed by atoms with van der Waals surface area (Å²) in [5.41, 5.74) is 0.116. The maximum atomic E-state index is 12.4. The molecule has 0 atom stereocenters. The number of nitrogens with zero attached hydrogens (tertiary/aromatic N) is 1. The van der Waals surface area contributed by atoms with E-state index >= 15 is 0 Å². The molecule has 0 unspecified atom stereocenters. The molecule has 106 valence electrons. The maximum Gasteiger partial charge on any atom is 0.251 e. The normalized spacial score (nSPS) is 23.8. The van der Waals surface area contributed by atoms with Gasteiger partial charge in [0.1, 0.15) is 0 Å². The van der Waals surface area contributed by atoms with Gasteiger partial charge in [-0.25, -0.2) is 8.78 Å². The van der Waals surface area contributed by atoms with Gasteiger partial charge in [0.15, 0.2) is 0 Å². The Balaban J connectivity index is 1.85. The molecule has 2 fully saturated rings. The number of nitrogens with one attached hydrogen (secondary N) is 1. The van der Waals surface area contributed by atoms with Crippen molar-refractivity contribution >= 4 is 0 Å². The van der Waals surface area contributed by atoms with Gasteiger partial charge in [0.2, 0.25) is 0 Å². The van der Waals surface area contributed by atoms with Gasteiger partial charge in [0.05, 0.1) is 6.54 Å². The molecule has 0 bridgehead atoms. The Morgan fingerprint density at radius 1 is 1.33 bits per heavy atom. The van der Waals surface area contributed by atoms with Crippen LogP contribution in [0.1, 0.15) is 25.7 Å². The minimum Gasteiger partial charge on any atom is -0.381 e. The smallest absolute Gasteiger partial charge is 0.251 e. The number of halogens is 2. The molecule has 1 saturated heterocycles. The lowest BCUT2D eigenvalue weighted by Gasteiger charge is -2.40. The molecule has 18 heavy (non-hydrogen) atoms. The molecule has 1 aliphatic heterocycles. The predicted octanol–water partition coefficient (Wildman–Crippen LogP) is 1.73. The standard InChI is InChI=1S/C13H24F2N2O/c1-17(8-12(14)15)10-13(4-6-18-7-5-13)9-16-11-2-3-11/h11-12,16H,2-10H2,1H3. The second kappa shape index (κ2) is 6.26. The van der Waals surface area contributed by atoms with Crippen molar-refractivity contribution in [2.45, 2.75) is 38.2 Å². The minimum absolute atomic E-state index is 0.116. The van der Waals surface area contributed by atoms with Crippen molar-refractivity contribution in [2.75, 3.05) is 39.9 Å². The number of ether oxygens (including phenoxy) is 1. The van der Waals surface area contributed by atoms with Crippen LogP contribution in [0.15, 0.2) is 0 Å². The first-order valence-corrected chi connectivity index (χ1v) is 6.87. The highest BCUT2D eigenvalue weighted by atomic mass is 19.3. The number of rotatable bonds is 7. The van der Waals surface area contributed by atoms with E-state index in [1.807, 2.05) is 0 Å². The topological polar surface area (TPSA) is 24.5 Å². The lowest BCUT2D eigenvalue weighted by Crippen LogP contribution is -2.47. The first kappa shape index (κ1) is 14.2. The van der Waals surface area contributed by atoms with E-state index in [0.717, 1.165) is 39.1 Å². The van der Waals surface area contributed by atoms with Crippen molar-refractivity contribution < 1.29 is 13.5 Å². The lowest BCUT2D eigenvalue weighted by atomic mass is 9.79. The van der Waals surface area contributed by atoms with E-state index in [0.29, 0.717) is 6.04 Å². The van der Waals surface area contributed by atoms with Crippen molar-refractivity contribution in [3.05, 3.63) is 0 Å². The van der Waals surface area contributed by atoms with Gasteiger partial charge in [-0.15, -0.1) is 0 Å². The fourth-order valence-corrected chi connectivity index (χ4v) is 2.72. The Morgan fingerprint density at radius 2 is 2.00 bits per heavy atom. The largest absolute Gasteiger partial charge is 0.381 e. The van der Waals surface area contributed by atoms with Crippen LogP contribution in [-0.4, -0.2) is 57.3 Å². The molecule has 2 rings (SSSR count). The molecule has 0 aromatic rings. The molecule has 1 N–H and O–H groups in total. The summed E-state index contributed by atoms with van der Waals surface area (Å²) in [5, 5.41) is 3.56. The number of alkyl halides is 2. The number of hydrogen-bond donors (Lipinski definition) is 1. The summed E-state index contributed by atoms with van der Waals surface area (Å²) in [6.45, 7) is 3.06. The van der Waals surface area contributed by atoms with Gasteiger partial charge < -0.3 is 15.0 Å². The van der Waals surface area contributed by atoms with Crippen molar-refractivity contribution in [3.8, 4) is 0 Å². The average molecular weight is 262 g/mol. The third-order valence-electron chi connectivity index (χ3n) is 3.95. The summed E-state index contributed by atoms with van der Waals surface area (Å²) in [5.74, 6) is 0. The molecule has 1 heterocycles. The van der Waals surface area contributed by atoms with Gasteiger partial charge in [-0.1, -0.05) is 0 Å². The average Bonchev–Trinajstić information content (AvgIpc) is 3.10. The van der Waals surface area contributed by atoms with Crippen LogP contribution in [0.2, 0.25) is 0 Å². The van der Waals surface area contributed by atoms with Crippen molar-refractivity contribution in [3.63, 3.8) is 0 Å². The summed E-state index contributed by atoms with van der Waals surface area (Å²) in [6.07, 6.45) is 2.22. The minimum atomic E-state index is -2.25. The third kappa shape index (κ3) is 4.44. The Hall–Kier alpha value is -0.260. The fourth-order valence-electron chi connectivity index (χ4n) is 2.72. The highest BCUT2D eigenvalue weighted by Crippen LogP contribution is 2.32. The SMILES string of the molecule is CN(CC(F)F)CC1(CNC2CC2)CCOCC1. The van der Waals surface area contributed by atoms with Gasteiger partial charge >= 0.3 is 0 Å². The zero-order valence-corrected chi connectivity index (χ0v) is 11.1. The van der Waals surface area contributed by atoms with E-state index in [9.17, 15) is 8.78 Å². The van der Waals surface area contributed by atoms with Crippen molar-refractivity contribution in [1.82, 2.24) is 10.2 Å². The Labute approximate surface area is 108 Å². The summed E-state index contributed by atoms with van der Waals surface area (Å²) in [7, 11) is 1.79. The Bertz CT molecular complexity index is 253. The van der Waals surface area contributed by atoms with Gasteiger partial charge in [-0.3, -0.25) is 0 Å². The van der Waals surface area contributed by atoms with Gasteiger partial charge in [0.25, 0.3) is 6.43 Å². The molecule has 1 saturated carbocycles. The van der Waals surface area contributed by atoms with Crippen LogP contribution < -0.4 is 5.32 Å². The first-order valence-electron chi connectivity index (χ1n) is 6.87. The predicted molar refractivity (Wildman–Crippen MR) is 67.0 cm³/mol. The summed E-state index contributed by atoms with van der Waals surface area (Å²) >= 11 is 0. The second-order valence-corrected chi connectivity index (χ2v) is 5.86. The van der Waals surface area contributed by atoms with Crippen LogP contribution in [0, 0.1) is 5.41 Å². The quantitative estimate of drug-likeness (QED) is 0.756. The second-order valence-electron chi connectivity index (χ2n) is 5.86. The zero-order chi connectivity index (χ0) is 13.0. The van der Waals surface area contributed by atoms with Crippen LogP contribution in [0.25, 0.3) is 0 Å². The van der Waals surface area contributed by atoms with Crippen molar-refractivity contribution in [1.29, 1.82) is 0 Å². The van der Waals surface area contributed by atoms with Crippen LogP contribution in [0.3, 0.4) is 0 Å². The highest BCUT2D eigenvalue weighted by Gasteiger charge is 2.35. The lowest BCUT2D eigenvalue weighted by molar-refractivity contribution is -0.00908. The van der Waals surface area contributed by atoms with E-state index in [1.54, 1.807) is 11.9 Å². The van der Waals surface area contributed by atoms with E-state index in [2.05, 4.69) is 5.32 Å². The Kier molecular flexibility index (Phi) is 4.92. The molecule has 2 aliphatic rings. The summed E-state index contributed by atoms with van der Waals surface area (Å²) in [4.78, 5) is 1.77. The molecule has 0 aromatic heterocycles. The Morgan fingerprint density at radius 3 is 2.56 bits per heavy atom. The molecule has 0 spiro atoms. The maximum absolute atomic E-state index is 12.4. The molecule has 1 aliphatic carbocycles. The molecular formula is C13H24F2N2O. The summed E-state index contributed by atoms with van der Waals surface area (Å²) < 4.78 is 30.2. The third-order valence-corrected chi connectivity index (χ3v) is 3.95. The van der Waals surface area contributed by atoms with Gasteiger partial charge in [-0.05, 0) is 38.1 Å². The van der Waals surface area contributed by atoms with E-state index in [1.165, 1.54) is 12.8 Å². The zero-order valence-electron chi connectivity index (χ0n) is 11.1. The van der Waals surface area contributed by atoms with Crippen LogP contribution >= 0.6 is 0 Å². The van der Waals surface area contributed by atoms with Crippen molar-refractivity contribution in [2.24, 2.45) is 5.41 Å². The van der Waals surface area contributed by atoms with Gasteiger partial charge in [0, 0.05) is 32.3 Å².